The molecule has 1 aliphatic heterocycles. The molecule has 0 spiro atoms. The second-order valence-electron chi connectivity index (χ2n) is 4.22. The van der Waals surface area contributed by atoms with Gasteiger partial charge in [-0.15, -0.1) is 11.6 Å². The van der Waals surface area contributed by atoms with Gasteiger partial charge in [-0.2, -0.15) is 0 Å². The van der Waals surface area contributed by atoms with Crippen molar-refractivity contribution < 1.29 is 4.74 Å². The first-order valence-corrected chi connectivity index (χ1v) is 6.06. The molecule has 1 aromatic carbocycles. The van der Waals surface area contributed by atoms with E-state index >= 15 is 0 Å². The zero-order valence-electron chi connectivity index (χ0n) is 9.29. The lowest BCUT2D eigenvalue weighted by molar-refractivity contribution is 0.350. The minimum atomic E-state index is 0.0723. The molecule has 0 aliphatic carbocycles. The van der Waals surface area contributed by atoms with Gasteiger partial charge in [0.05, 0.1) is 12.0 Å². The van der Waals surface area contributed by atoms with Crippen LogP contribution in [0.1, 0.15) is 36.8 Å². The molecule has 0 amide bonds. The molecule has 2 unspecified atom stereocenters. The highest BCUT2D eigenvalue weighted by atomic mass is 35.5. The van der Waals surface area contributed by atoms with Gasteiger partial charge in [0.1, 0.15) is 5.75 Å². The largest absolute Gasteiger partial charge is 0.493 e. The molecule has 0 aromatic heterocycles. The van der Waals surface area contributed by atoms with Crippen molar-refractivity contribution >= 4 is 11.6 Å². The van der Waals surface area contributed by atoms with Gasteiger partial charge in [-0.25, -0.2) is 0 Å². The zero-order chi connectivity index (χ0) is 10.8. The van der Waals surface area contributed by atoms with Crippen molar-refractivity contribution in [1.82, 2.24) is 0 Å². The average molecular weight is 225 g/mol. The first-order valence-electron chi connectivity index (χ1n) is 5.62. The Morgan fingerprint density at radius 1 is 1.47 bits per heavy atom. The molecule has 2 heteroatoms. The molecular weight excluding hydrogens is 208 g/mol. The Kier molecular flexibility index (Phi) is 3.20. The smallest absolute Gasteiger partial charge is 0.127 e. The quantitative estimate of drug-likeness (QED) is 0.707. The normalized spacial score (nSPS) is 18.1. The van der Waals surface area contributed by atoms with Gasteiger partial charge < -0.3 is 4.74 Å². The average Bonchev–Trinajstić information content (AvgIpc) is 2.74. The third-order valence-corrected chi connectivity index (χ3v) is 3.85. The Morgan fingerprint density at radius 2 is 2.27 bits per heavy atom. The van der Waals surface area contributed by atoms with E-state index < -0.39 is 0 Å². The van der Waals surface area contributed by atoms with Crippen LogP contribution in [0.2, 0.25) is 0 Å². The van der Waals surface area contributed by atoms with Crippen LogP contribution in [0.15, 0.2) is 18.2 Å². The molecule has 15 heavy (non-hydrogen) atoms. The summed E-state index contributed by atoms with van der Waals surface area (Å²) < 4.78 is 5.66. The SMILES string of the molecule is CCC(C)C(Cl)c1cccc2c1OCC2. The van der Waals surface area contributed by atoms with Crippen molar-refractivity contribution in [2.24, 2.45) is 5.92 Å². The lowest BCUT2D eigenvalue weighted by Gasteiger charge is -2.18. The van der Waals surface area contributed by atoms with Gasteiger partial charge in [-0.3, -0.25) is 0 Å². The highest BCUT2D eigenvalue weighted by Crippen LogP contribution is 2.40. The lowest BCUT2D eigenvalue weighted by Crippen LogP contribution is -2.04. The molecule has 0 radical (unpaired) electrons. The van der Waals surface area contributed by atoms with E-state index in [2.05, 4.69) is 32.0 Å². The van der Waals surface area contributed by atoms with E-state index in [1.165, 1.54) is 11.1 Å². The number of halogens is 1. The molecule has 0 bridgehead atoms. The monoisotopic (exact) mass is 224 g/mol. The van der Waals surface area contributed by atoms with Crippen LogP contribution in [0, 0.1) is 5.92 Å². The highest BCUT2D eigenvalue weighted by Gasteiger charge is 2.23. The molecule has 1 nitrogen and oxygen atoms in total. The Morgan fingerprint density at radius 3 is 3.00 bits per heavy atom. The molecular formula is C13H17ClO. The summed E-state index contributed by atoms with van der Waals surface area (Å²) in [6.07, 6.45) is 2.12. The van der Waals surface area contributed by atoms with E-state index in [-0.39, 0.29) is 5.38 Å². The van der Waals surface area contributed by atoms with Gasteiger partial charge in [0, 0.05) is 12.0 Å². The summed E-state index contributed by atoms with van der Waals surface area (Å²) in [7, 11) is 0. The third-order valence-electron chi connectivity index (χ3n) is 3.19. The Labute approximate surface area is 96.4 Å². The summed E-state index contributed by atoms with van der Waals surface area (Å²) in [5, 5.41) is 0.0723. The molecule has 0 N–H and O–H groups in total. The number of hydrogen-bond donors (Lipinski definition) is 0. The van der Waals surface area contributed by atoms with Crippen LogP contribution in [0.3, 0.4) is 0 Å². The molecule has 0 saturated heterocycles. The lowest BCUT2D eigenvalue weighted by atomic mass is 9.96. The molecule has 82 valence electrons. The maximum atomic E-state index is 6.46. The number of fused-ring (bicyclic) bond motifs is 1. The minimum Gasteiger partial charge on any atom is -0.493 e. The van der Waals surface area contributed by atoms with E-state index in [4.69, 9.17) is 16.3 Å². The topological polar surface area (TPSA) is 9.23 Å². The van der Waals surface area contributed by atoms with E-state index in [0.717, 1.165) is 25.2 Å². The number of benzene rings is 1. The molecule has 1 heterocycles. The first-order chi connectivity index (χ1) is 7.24. The number of hydrogen-bond acceptors (Lipinski definition) is 1. The van der Waals surface area contributed by atoms with E-state index in [9.17, 15) is 0 Å². The second kappa shape index (κ2) is 4.44. The minimum absolute atomic E-state index is 0.0723. The van der Waals surface area contributed by atoms with Crippen LogP contribution < -0.4 is 4.74 Å². The molecule has 0 fully saturated rings. The van der Waals surface area contributed by atoms with Crippen molar-refractivity contribution in [1.29, 1.82) is 0 Å². The van der Waals surface area contributed by atoms with E-state index in [1.54, 1.807) is 0 Å². The zero-order valence-corrected chi connectivity index (χ0v) is 10.1. The van der Waals surface area contributed by atoms with Gasteiger partial charge in [0.2, 0.25) is 0 Å². The molecule has 2 atom stereocenters. The van der Waals surface area contributed by atoms with Crippen molar-refractivity contribution in [3.05, 3.63) is 29.3 Å². The summed E-state index contributed by atoms with van der Waals surface area (Å²) >= 11 is 6.46. The molecule has 0 saturated carbocycles. The second-order valence-corrected chi connectivity index (χ2v) is 4.69. The standard InChI is InChI=1S/C13H17ClO/c1-3-9(2)12(14)11-6-4-5-10-7-8-15-13(10)11/h4-6,9,12H,3,7-8H2,1-2H3. The summed E-state index contributed by atoms with van der Waals surface area (Å²) in [6, 6.07) is 6.31. The van der Waals surface area contributed by atoms with Crippen LogP contribution in [0.5, 0.6) is 5.75 Å². The summed E-state index contributed by atoms with van der Waals surface area (Å²) in [5.41, 5.74) is 2.47. The van der Waals surface area contributed by atoms with Gasteiger partial charge in [-0.05, 0) is 11.5 Å². The van der Waals surface area contributed by atoms with Crippen molar-refractivity contribution in [2.75, 3.05) is 6.61 Å². The Hall–Kier alpha value is -0.690. The van der Waals surface area contributed by atoms with Gasteiger partial charge in [0.25, 0.3) is 0 Å². The third kappa shape index (κ3) is 1.98. The number of rotatable bonds is 3. The fourth-order valence-electron chi connectivity index (χ4n) is 1.97. The first kappa shape index (κ1) is 10.8. The van der Waals surface area contributed by atoms with Gasteiger partial charge in [-0.1, -0.05) is 38.5 Å². The predicted molar refractivity (Wildman–Crippen MR) is 63.7 cm³/mol. The maximum absolute atomic E-state index is 6.46. The summed E-state index contributed by atoms with van der Waals surface area (Å²) in [5.74, 6) is 1.53. The van der Waals surface area contributed by atoms with Crippen molar-refractivity contribution in [2.45, 2.75) is 32.1 Å². The van der Waals surface area contributed by atoms with E-state index in [1.807, 2.05) is 0 Å². The predicted octanol–water partition coefficient (Wildman–Crippen LogP) is 3.95. The van der Waals surface area contributed by atoms with Crippen LogP contribution in [0.25, 0.3) is 0 Å². The van der Waals surface area contributed by atoms with Gasteiger partial charge >= 0.3 is 0 Å². The number of ether oxygens (including phenoxy) is 1. The Balaban J connectivity index is 2.32. The van der Waals surface area contributed by atoms with E-state index in [0.29, 0.717) is 5.92 Å². The fourth-order valence-corrected chi connectivity index (χ4v) is 2.32. The fraction of sp³-hybridized carbons (Fsp3) is 0.538. The van der Waals surface area contributed by atoms with Crippen LogP contribution in [-0.4, -0.2) is 6.61 Å². The number of alkyl halides is 1. The highest BCUT2D eigenvalue weighted by molar-refractivity contribution is 6.21. The summed E-state index contributed by atoms with van der Waals surface area (Å²) in [6.45, 7) is 5.16. The molecule has 2 rings (SSSR count). The van der Waals surface area contributed by atoms with Crippen LogP contribution >= 0.6 is 11.6 Å². The van der Waals surface area contributed by atoms with Crippen molar-refractivity contribution in [3.8, 4) is 5.75 Å². The summed E-state index contributed by atoms with van der Waals surface area (Å²) in [4.78, 5) is 0. The van der Waals surface area contributed by atoms with Gasteiger partial charge in [0.15, 0.2) is 0 Å². The van der Waals surface area contributed by atoms with Crippen LogP contribution in [-0.2, 0) is 6.42 Å². The number of para-hydroxylation sites is 1. The van der Waals surface area contributed by atoms with Crippen molar-refractivity contribution in [3.63, 3.8) is 0 Å². The Bertz CT molecular complexity index is 348. The molecule has 1 aliphatic rings. The maximum Gasteiger partial charge on any atom is 0.127 e. The molecule has 1 aromatic rings. The van der Waals surface area contributed by atoms with Crippen LogP contribution in [0.4, 0.5) is 0 Å².